The topological polar surface area (TPSA) is 95.9 Å². The molecule has 0 bridgehead atoms. The summed E-state index contributed by atoms with van der Waals surface area (Å²) in [4.78, 5) is 16.4. The third kappa shape index (κ3) is 4.52. The predicted octanol–water partition coefficient (Wildman–Crippen LogP) is 5.86. The highest BCUT2D eigenvalue weighted by atomic mass is 32.2. The number of carbonyl (C=O) groups excluding carboxylic acids is 1. The van der Waals surface area contributed by atoms with Gasteiger partial charge in [-0.1, -0.05) is 43.0 Å². The molecule has 2 aliphatic rings. The number of ketones is 1. The molecule has 4 rings (SSSR count). The summed E-state index contributed by atoms with van der Waals surface area (Å²) in [7, 11) is 0. The number of hydrogen-bond donors (Lipinski definition) is 1. The van der Waals surface area contributed by atoms with Crippen LogP contribution in [0.1, 0.15) is 49.5 Å². The number of carbonyl (C=O) groups is 1. The zero-order chi connectivity index (χ0) is 23.5. The van der Waals surface area contributed by atoms with Gasteiger partial charge in [0.25, 0.3) is 0 Å². The van der Waals surface area contributed by atoms with Gasteiger partial charge in [0, 0.05) is 28.3 Å². The van der Waals surface area contributed by atoms with Crippen LogP contribution < -0.4 is 10.6 Å². The van der Waals surface area contributed by atoms with Crippen molar-refractivity contribution in [3.05, 3.63) is 51.8 Å². The number of thiophene rings is 1. The number of thioether (sulfide) groups is 2. The largest absolute Gasteiger partial charge is 0.384 e. The van der Waals surface area contributed by atoms with Crippen molar-refractivity contribution in [2.24, 2.45) is 5.73 Å². The zero-order valence-corrected chi connectivity index (χ0v) is 21.9. The quantitative estimate of drug-likeness (QED) is 0.345. The van der Waals surface area contributed by atoms with E-state index in [2.05, 4.69) is 42.8 Å². The van der Waals surface area contributed by atoms with Crippen molar-refractivity contribution in [3.8, 4) is 6.07 Å². The Morgan fingerprint density at radius 1 is 1.33 bits per heavy atom. The van der Waals surface area contributed by atoms with Crippen molar-refractivity contribution in [1.29, 1.82) is 5.26 Å². The molecular formula is C23H25N5OS4. The van der Waals surface area contributed by atoms with Crippen molar-refractivity contribution in [1.82, 2.24) is 10.2 Å². The van der Waals surface area contributed by atoms with Gasteiger partial charge in [-0.15, -0.1) is 39.9 Å². The van der Waals surface area contributed by atoms with E-state index in [9.17, 15) is 10.1 Å². The van der Waals surface area contributed by atoms with Gasteiger partial charge in [0.1, 0.15) is 5.82 Å². The standard InChI is InChI=1S/C23H25N5OS4/c1-4-10-31-23-27-26-22(33-23)28-16-8-7-9-17(29)19(16)18(15(12-24)20(28)25)14-11-13(5-2)32-21(14)30-6-3/h4,11,18H,1,5-10,25H2,2-3H3. The summed E-state index contributed by atoms with van der Waals surface area (Å²) in [6.45, 7) is 7.99. The van der Waals surface area contributed by atoms with Crippen LogP contribution in [0.3, 0.4) is 0 Å². The Labute approximate surface area is 210 Å². The first kappa shape index (κ1) is 24.1. The van der Waals surface area contributed by atoms with Gasteiger partial charge in [0.15, 0.2) is 10.1 Å². The summed E-state index contributed by atoms with van der Waals surface area (Å²) < 4.78 is 1.97. The van der Waals surface area contributed by atoms with Gasteiger partial charge in [-0.25, -0.2) is 0 Å². The lowest BCUT2D eigenvalue weighted by Crippen LogP contribution is -2.38. The second-order valence-corrected chi connectivity index (χ2v) is 12.4. The fraction of sp³-hybridized carbons (Fsp3) is 0.391. The van der Waals surface area contributed by atoms with Crippen LogP contribution in [0.15, 0.2) is 49.9 Å². The van der Waals surface area contributed by atoms with Gasteiger partial charge in [0.05, 0.1) is 21.8 Å². The maximum absolute atomic E-state index is 13.3. The summed E-state index contributed by atoms with van der Waals surface area (Å²) in [6, 6.07) is 4.52. The van der Waals surface area contributed by atoms with E-state index in [1.54, 1.807) is 39.8 Å². The van der Waals surface area contributed by atoms with Crippen LogP contribution in [0.4, 0.5) is 5.13 Å². The summed E-state index contributed by atoms with van der Waals surface area (Å²) in [5.74, 6) is 1.67. The Morgan fingerprint density at radius 3 is 2.85 bits per heavy atom. The van der Waals surface area contributed by atoms with Crippen LogP contribution in [-0.2, 0) is 11.2 Å². The maximum atomic E-state index is 13.3. The van der Waals surface area contributed by atoms with Crippen molar-refractivity contribution >= 4 is 57.1 Å². The number of nitriles is 1. The Hall–Kier alpha value is -2.06. The number of aryl methyl sites for hydroxylation is 1. The number of nitrogens with two attached hydrogens (primary N) is 1. The average molecular weight is 516 g/mol. The highest BCUT2D eigenvalue weighted by Crippen LogP contribution is 2.50. The van der Waals surface area contributed by atoms with E-state index in [1.807, 2.05) is 6.08 Å². The van der Waals surface area contributed by atoms with E-state index in [0.717, 1.165) is 44.2 Å². The number of aromatic nitrogens is 2. The molecule has 172 valence electrons. The molecule has 3 heterocycles. The number of allylic oxidation sites excluding steroid dienone is 3. The maximum Gasteiger partial charge on any atom is 0.219 e. The normalized spacial score (nSPS) is 18.5. The highest BCUT2D eigenvalue weighted by molar-refractivity contribution is 8.01. The Balaban J connectivity index is 1.89. The second kappa shape index (κ2) is 10.5. The zero-order valence-electron chi connectivity index (χ0n) is 18.6. The fourth-order valence-corrected chi connectivity index (χ4v) is 8.18. The minimum Gasteiger partial charge on any atom is -0.384 e. The third-order valence-corrected chi connectivity index (χ3v) is 10.1. The molecule has 1 unspecified atom stereocenters. The molecule has 10 heteroatoms. The number of hydrogen-bond acceptors (Lipinski definition) is 10. The van der Waals surface area contributed by atoms with Crippen LogP contribution in [0.2, 0.25) is 0 Å². The van der Waals surface area contributed by atoms with Crippen LogP contribution in [0.25, 0.3) is 0 Å². The van der Waals surface area contributed by atoms with E-state index in [-0.39, 0.29) is 5.78 Å². The van der Waals surface area contributed by atoms with Gasteiger partial charge < -0.3 is 5.73 Å². The number of nitrogens with zero attached hydrogens (tertiary/aromatic N) is 4. The Morgan fingerprint density at radius 2 is 2.15 bits per heavy atom. The summed E-state index contributed by atoms with van der Waals surface area (Å²) in [5.41, 5.74) is 9.67. The lowest BCUT2D eigenvalue weighted by Gasteiger charge is -2.38. The number of anilines is 1. The first-order chi connectivity index (χ1) is 16.0. The van der Waals surface area contributed by atoms with E-state index < -0.39 is 5.92 Å². The molecule has 0 saturated carbocycles. The smallest absolute Gasteiger partial charge is 0.219 e. The van der Waals surface area contributed by atoms with Crippen molar-refractivity contribution in [2.45, 2.75) is 54.0 Å². The molecule has 0 spiro atoms. The lowest BCUT2D eigenvalue weighted by molar-refractivity contribution is -0.116. The summed E-state index contributed by atoms with van der Waals surface area (Å²) in [5, 5.41) is 19.5. The van der Waals surface area contributed by atoms with Crippen LogP contribution in [0.5, 0.6) is 0 Å². The van der Waals surface area contributed by atoms with Crippen molar-refractivity contribution in [3.63, 3.8) is 0 Å². The van der Waals surface area contributed by atoms with E-state index >= 15 is 0 Å². The monoisotopic (exact) mass is 515 g/mol. The first-order valence-corrected chi connectivity index (χ1v) is 14.4. The van der Waals surface area contributed by atoms with Crippen LogP contribution >= 0.6 is 46.2 Å². The molecule has 6 nitrogen and oxygen atoms in total. The van der Waals surface area contributed by atoms with Gasteiger partial charge >= 0.3 is 0 Å². The molecule has 1 atom stereocenters. The molecule has 1 aliphatic heterocycles. The van der Waals surface area contributed by atoms with Gasteiger partial charge in [-0.2, -0.15) is 5.26 Å². The average Bonchev–Trinajstić information content (AvgIpc) is 3.44. The predicted molar refractivity (Wildman–Crippen MR) is 139 cm³/mol. The van der Waals surface area contributed by atoms with Gasteiger partial charge in [0.2, 0.25) is 5.13 Å². The van der Waals surface area contributed by atoms with Crippen LogP contribution in [0, 0.1) is 11.3 Å². The molecule has 0 saturated heterocycles. The number of rotatable bonds is 8. The van der Waals surface area contributed by atoms with Gasteiger partial charge in [-0.05, 0) is 36.6 Å². The van der Waals surface area contributed by atoms with Crippen molar-refractivity contribution in [2.75, 3.05) is 16.4 Å². The molecule has 33 heavy (non-hydrogen) atoms. The molecule has 0 amide bonds. The van der Waals surface area contributed by atoms with E-state index in [1.165, 1.54) is 16.2 Å². The molecule has 2 aromatic heterocycles. The van der Waals surface area contributed by atoms with Gasteiger partial charge in [-0.3, -0.25) is 9.69 Å². The molecule has 0 fully saturated rings. The third-order valence-electron chi connectivity index (χ3n) is 5.54. The first-order valence-electron chi connectivity index (χ1n) is 10.8. The minimum absolute atomic E-state index is 0.0916. The molecular weight excluding hydrogens is 491 g/mol. The fourth-order valence-electron chi connectivity index (χ4n) is 4.16. The Bertz CT molecular complexity index is 1190. The van der Waals surface area contributed by atoms with Crippen LogP contribution in [-0.4, -0.2) is 27.5 Å². The minimum atomic E-state index is -0.429. The lowest BCUT2D eigenvalue weighted by atomic mass is 9.76. The highest BCUT2D eigenvalue weighted by Gasteiger charge is 2.42. The molecule has 1 aliphatic carbocycles. The summed E-state index contributed by atoms with van der Waals surface area (Å²) >= 11 is 6.48. The second-order valence-electron chi connectivity index (χ2n) is 7.51. The van der Waals surface area contributed by atoms with Crippen molar-refractivity contribution < 1.29 is 4.79 Å². The molecule has 2 N–H and O–H groups in total. The van der Waals surface area contributed by atoms with E-state index in [4.69, 9.17) is 5.73 Å². The molecule has 0 aromatic carbocycles. The molecule has 0 radical (unpaired) electrons. The Kier molecular flexibility index (Phi) is 7.64. The van der Waals surface area contributed by atoms with E-state index in [0.29, 0.717) is 34.9 Å². The summed E-state index contributed by atoms with van der Waals surface area (Å²) in [6.07, 6.45) is 4.69. The molecule has 2 aromatic rings. The SMILES string of the molecule is C=CCSc1nnc(N2C(N)=C(C#N)C(c3cc(CC)sc3SCC)C3=C2CCCC3=O)s1. The number of Topliss-reactive ketones (excluding diaryl/α,β-unsaturated/α-hetero) is 1.